The predicted octanol–water partition coefficient (Wildman–Crippen LogP) is 17.3. The Kier molecular flexibility index (Phi) is 30.8. The number of nitrogens with one attached hydrogen (secondary N) is 4. The molecule has 28 heteroatoms. The minimum atomic E-state index is -1.10. The zero-order valence-corrected chi connectivity index (χ0v) is 78.0. The molecule has 4 aliphatic rings. The van der Waals surface area contributed by atoms with E-state index in [0.717, 1.165) is 136 Å². The van der Waals surface area contributed by atoms with Gasteiger partial charge < -0.3 is 67.2 Å². The maximum absolute atomic E-state index is 13.2. The molecule has 4 unspecified atom stereocenters. The molecule has 0 fully saturated rings. The van der Waals surface area contributed by atoms with Crippen LogP contribution in [0, 0.1) is 5.82 Å². The molecule has 25 nitrogen and oxygen atoms in total. The number of phenols is 1. The van der Waals surface area contributed by atoms with E-state index in [2.05, 4.69) is 37.2 Å². The molecule has 704 valence electrons. The Bertz CT molecular complexity index is 6360. The summed E-state index contributed by atoms with van der Waals surface area (Å²) in [5.41, 5.74) is 23.9. The molecule has 13 N–H and O–H groups in total. The Balaban J connectivity index is 0.000000129. The Morgan fingerprint density at radius 2 is 0.529 bits per heavy atom. The summed E-state index contributed by atoms with van der Waals surface area (Å²) >= 11 is 9.36. The molecule has 20 rings (SSSR count). The van der Waals surface area contributed by atoms with Crippen molar-refractivity contribution in [3.8, 4) is 50.8 Å². The molecule has 0 radical (unpaired) electrons. The highest BCUT2D eigenvalue weighted by Gasteiger charge is 2.33. The minimum Gasteiger partial charge on any atom is -0.508 e. The van der Waals surface area contributed by atoms with Crippen molar-refractivity contribution < 1.29 is 69.5 Å². The van der Waals surface area contributed by atoms with Crippen LogP contribution in [0.15, 0.2) is 296 Å². The molecule has 16 aromatic rings. The number of carbonyl (C=O) groups is 4. The lowest BCUT2D eigenvalue weighted by molar-refractivity contribution is -0.116. The van der Waals surface area contributed by atoms with Gasteiger partial charge in [0.25, 0.3) is 0 Å². The van der Waals surface area contributed by atoms with Crippen molar-refractivity contribution in [1.82, 2.24) is 39.9 Å². The molecule has 4 amide bonds. The van der Waals surface area contributed by atoms with Gasteiger partial charge in [-0.1, -0.05) is 270 Å². The van der Waals surface area contributed by atoms with Crippen LogP contribution in [-0.4, -0.2) is 109 Å². The van der Waals surface area contributed by atoms with Crippen LogP contribution in [0.2, 0.25) is 5.02 Å². The zero-order chi connectivity index (χ0) is 97.5. The summed E-state index contributed by atoms with van der Waals surface area (Å²) in [6.07, 6.45) is 1.68. The number of aliphatic hydroxyl groups is 8. The predicted molar refractivity (Wildman–Crippen MR) is 535 cm³/mol. The first-order valence-electron chi connectivity index (χ1n) is 45.7. The normalized spacial score (nSPS) is 13.0. The first kappa shape index (κ1) is 96.7. The lowest BCUT2D eigenvalue weighted by Gasteiger charge is -2.23. The number of fused-ring (bicyclic) bond motifs is 12. The summed E-state index contributed by atoms with van der Waals surface area (Å²) in [7, 11) is 0. The Morgan fingerprint density at radius 1 is 0.300 bits per heavy atom. The summed E-state index contributed by atoms with van der Waals surface area (Å²) in [6, 6.07) is 86.5. The molecule has 0 saturated carbocycles. The van der Waals surface area contributed by atoms with E-state index >= 15 is 0 Å². The monoisotopic (exact) mass is 1950 g/mol. The largest absolute Gasteiger partial charge is 0.508 e. The van der Waals surface area contributed by atoms with Crippen molar-refractivity contribution in [3.05, 3.63) is 441 Å². The van der Waals surface area contributed by atoms with E-state index < -0.39 is 24.4 Å². The Hall–Kier alpha value is -15.0. The van der Waals surface area contributed by atoms with Gasteiger partial charge in [0.1, 0.15) is 58.8 Å². The van der Waals surface area contributed by atoms with E-state index in [-0.39, 0.29) is 122 Å². The maximum atomic E-state index is 13.2. The number of amides is 4. The van der Waals surface area contributed by atoms with Gasteiger partial charge in [-0.05, 0) is 189 Å². The van der Waals surface area contributed by atoms with Crippen LogP contribution in [0.4, 0.5) is 27.7 Å². The number of hydrogen-bond donors (Lipinski definition) is 13. The van der Waals surface area contributed by atoms with Crippen LogP contribution in [-0.2, 0) is 123 Å². The van der Waals surface area contributed by atoms with E-state index in [1.54, 1.807) is 72.8 Å². The number of benzene rings is 12. The van der Waals surface area contributed by atoms with Gasteiger partial charge >= 0.3 is 0 Å². The van der Waals surface area contributed by atoms with E-state index in [1.807, 2.05) is 194 Å². The van der Waals surface area contributed by atoms with E-state index in [4.69, 9.17) is 51.5 Å². The lowest BCUT2D eigenvalue weighted by Crippen LogP contribution is -2.21. The van der Waals surface area contributed by atoms with Crippen molar-refractivity contribution in [2.45, 2.75) is 128 Å². The number of aliphatic hydroxyl groups excluding tert-OH is 8. The van der Waals surface area contributed by atoms with Gasteiger partial charge in [-0.3, -0.25) is 19.2 Å². The zero-order valence-electron chi connectivity index (χ0n) is 75.7. The molecule has 4 heterocycles. The molecular weight excluding hydrogens is 1860 g/mol. The highest BCUT2D eigenvalue weighted by atomic mass is 79.9. The van der Waals surface area contributed by atoms with Crippen molar-refractivity contribution >= 4 is 74.4 Å². The summed E-state index contributed by atoms with van der Waals surface area (Å²) in [5, 5.41) is 104. The number of phenolic OH excluding ortho intramolecular Hbond substituents is 1. The average Bonchev–Trinajstić information content (AvgIpc) is 0.774. The number of halogens is 3. The van der Waals surface area contributed by atoms with Gasteiger partial charge in [-0.2, -0.15) is 0 Å². The Labute approximate surface area is 819 Å². The second-order valence-electron chi connectivity index (χ2n) is 34.3. The first-order chi connectivity index (χ1) is 68.0. The first-order valence-corrected chi connectivity index (χ1v) is 46.9. The third-order valence-corrected chi connectivity index (χ3v) is 25.4. The van der Waals surface area contributed by atoms with Gasteiger partial charge in [0, 0.05) is 31.7 Å². The smallest absolute Gasteiger partial charge is 0.229 e. The number of aromatic hydroxyl groups is 1. The van der Waals surface area contributed by atoms with Gasteiger partial charge in [0.05, 0.1) is 97.7 Å². The molecule has 140 heavy (non-hydrogen) atoms. The molecule has 0 spiro atoms. The number of hydrogen-bond acceptors (Lipinski definition) is 21. The third kappa shape index (κ3) is 23.2. The molecule has 4 aliphatic carbocycles. The highest BCUT2D eigenvalue weighted by Crippen LogP contribution is 2.43. The van der Waals surface area contributed by atoms with E-state index in [1.165, 1.54) is 24.3 Å². The van der Waals surface area contributed by atoms with Gasteiger partial charge in [0.2, 0.25) is 23.6 Å². The Morgan fingerprint density at radius 3 is 0.779 bits per heavy atom. The average molecular weight is 1950 g/mol. The van der Waals surface area contributed by atoms with Crippen molar-refractivity contribution in [1.29, 1.82) is 0 Å². The SMILES string of the molecule is O=C(Cc1ccc(Br)cc1)Nc1nc2c(nc1C(O)c1ccccc1)-c1ccc(CO)cc1CC2.O=C(Cc1ccc(Cl)cc1)Nc1nc2c(nc1C(O)c1ccccc1)-c1ccc(CO)cc1CC2.O=C(Cc1ccc(F)cc1)Nc1nc2c(nc1C(O)c1ccccc1)-c1ccc(CO)cc1CC2.O=C(Cc1ccc(O)cc1)Nc1nc2c(nc1C(O)c1ccccc1)-c1ccc(CO)cc1CC2. The summed E-state index contributed by atoms with van der Waals surface area (Å²) in [5.74, 6) is -0.372. The van der Waals surface area contributed by atoms with Crippen LogP contribution < -0.4 is 21.3 Å². The second kappa shape index (κ2) is 44.7. The lowest BCUT2D eigenvalue weighted by atomic mass is 9.90. The molecular formula is C112H97BrClFN12O13. The van der Waals surface area contributed by atoms with Crippen LogP contribution in [0.5, 0.6) is 5.75 Å². The third-order valence-electron chi connectivity index (χ3n) is 24.6. The highest BCUT2D eigenvalue weighted by molar-refractivity contribution is 9.10. The minimum absolute atomic E-state index is 0.0207. The standard InChI is InChI=1S/C28H24BrN3O3.C28H24ClN3O3.C28H24FN3O3.C28H25N3O4/c3*29-21-10-6-17(7-11-21)15-24(34)31-28-26(27(35)19-4-2-1-3-5-19)32-25-22-12-8-18(16-33)14-20(22)9-13-23(25)30-28;32-16-18-8-12-22-20(14-18)9-13-23-25(22)31-26(27(35)19-4-2-1-3-5-19)28(29-23)30-24(34)15-17-6-10-21(33)11-7-17/h3*1-8,10-12,14,27,33,35H,9,13,15-16H2,(H,30,31,34);1-8,10-12,14,27,32-33,35H,9,13,15-16H2,(H,29,30,34). The molecule has 4 atom stereocenters. The topological polar surface area (TPSA) is 402 Å². The van der Waals surface area contributed by atoms with Gasteiger partial charge in [0.15, 0.2) is 23.3 Å². The van der Waals surface area contributed by atoms with Gasteiger partial charge in [-0.25, -0.2) is 44.3 Å². The number of carbonyl (C=O) groups excluding carboxylic acids is 4. The summed E-state index contributed by atoms with van der Waals surface area (Å²) in [6.45, 7) is -0.117. The maximum Gasteiger partial charge on any atom is 0.229 e. The molecule has 0 aliphatic heterocycles. The van der Waals surface area contributed by atoms with Crippen molar-refractivity contribution in [3.63, 3.8) is 0 Å². The summed E-state index contributed by atoms with van der Waals surface area (Å²) in [4.78, 5) is 89.9. The van der Waals surface area contributed by atoms with E-state index in [0.29, 0.717) is 92.7 Å². The number of anilines is 4. The molecule has 12 aromatic carbocycles. The number of aryl methyl sites for hydroxylation is 8. The molecule has 0 saturated heterocycles. The van der Waals surface area contributed by atoms with Crippen molar-refractivity contribution in [2.24, 2.45) is 0 Å². The van der Waals surface area contributed by atoms with Crippen molar-refractivity contribution in [2.75, 3.05) is 21.3 Å². The molecule has 0 bridgehead atoms. The van der Waals surface area contributed by atoms with Crippen LogP contribution in [0.1, 0.15) is 159 Å². The second-order valence-corrected chi connectivity index (χ2v) is 35.7. The number of aromatic nitrogens is 8. The number of nitrogens with zero attached hydrogens (tertiary/aromatic N) is 8. The van der Waals surface area contributed by atoms with E-state index in [9.17, 15) is 69.5 Å². The number of rotatable bonds is 24. The van der Waals surface area contributed by atoms with Crippen LogP contribution in [0.25, 0.3) is 45.0 Å². The van der Waals surface area contributed by atoms with Crippen LogP contribution in [0.3, 0.4) is 0 Å². The summed E-state index contributed by atoms with van der Waals surface area (Å²) < 4.78 is 14.2. The fourth-order valence-corrected chi connectivity index (χ4v) is 17.8. The fraction of sp³-hybridized carbons (Fsp3) is 0.179. The fourth-order valence-electron chi connectivity index (χ4n) is 17.4. The van der Waals surface area contributed by atoms with Crippen LogP contribution >= 0.6 is 27.5 Å². The molecule has 4 aromatic heterocycles. The quantitative estimate of drug-likeness (QED) is 0.0267. The van der Waals surface area contributed by atoms with Gasteiger partial charge in [-0.15, -0.1) is 0 Å².